The SMILES string of the molecule is COc1ccc(Cl)cc1N1CC(c2noc(-c3ccc4cc[nH]c4c3)n2)CC1=O. The zero-order valence-corrected chi connectivity index (χ0v) is 16.3. The van der Waals surface area contributed by atoms with Crippen LogP contribution >= 0.6 is 11.6 Å². The van der Waals surface area contributed by atoms with Gasteiger partial charge in [0, 0.05) is 41.2 Å². The number of anilines is 1. The smallest absolute Gasteiger partial charge is 0.258 e. The molecular formula is C21H17ClN4O3. The van der Waals surface area contributed by atoms with Gasteiger partial charge < -0.3 is 19.1 Å². The van der Waals surface area contributed by atoms with Crippen LogP contribution < -0.4 is 9.64 Å². The first-order valence-electron chi connectivity index (χ1n) is 9.17. The molecule has 0 aliphatic carbocycles. The molecule has 1 atom stereocenters. The Morgan fingerprint density at radius 2 is 2.14 bits per heavy atom. The number of hydrogen-bond acceptors (Lipinski definition) is 5. The molecule has 4 aromatic rings. The van der Waals surface area contributed by atoms with Crippen molar-refractivity contribution in [1.82, 2.24) is 15.1 Å². The molecule has 0 bridgehead atoms. The zero-order chi connectivity index (χ0) is 20.0. The Balaban J connectivity index is 1.41. The van der Waals surface area contributed by atoms with E-state index in [0.29, 0.717) is 41.1 Å². The van der Waals surface area contributed by atoms with Gasteiger partial charge in [0.1, 0.15) is 5.75 Å². The van der Waals surface area contributed by atoms with Crippen LogP contribution in [-0.2, 0) is 4.79 Å². The van der Waals surface area contributed by atoms with Gasteiger partial charge in [-0.15, -0.1) is 0 Å². The summed E-state index contributed by atoms with van der Waals surface area (Å²) in [6, 6.07) is 13.1. The summed E-state index contributed by atoms with van der Waals surface area (Å²) in [6.07, 6.45) is 2.18. The van der Waals surface area contributed by atoms with E-state index in [4.69, 9.17) is 20.9 Å². The van der Waals surface area contributed by atoms with E-state index < -0.39 is 0 Å². The number of ether oxygens (including phenoxy) is 1. The molecule has 1 saturated heterocycles. The number of hydrogen-bond donors (Lipinski definition) is 1. The van der Waals surface area contributed by atoms with Crippen LogP contribution in [0.25, 0.3) is 22.4 Å². The van der Waals surface area contributed by atoms with E-state index in [1.165, 1.54) is 0 Å². The highest BCUT2D eigenvalue weighted by Gasteiger charge is 2.36. The number of halogens is 1. The van der Waals surface area contributed by atoms with Crippen LogP contribution in [0.5, 0.6) is 5.75 Å². The summed E-state index contributed by atoms with van der Waals surface area (Å²) in [5.74, 6) is 1.34. The fourth-order valence-electron chi connectivity index (χ4n) is 3.69. The summed E-state index contributed by atoms with van der Waals surface area (Å²) in [4.78, 5) is 22.1. The number of aromatic amines is 1. The third-order valence-electron chi connectivity index (χ3n) is 5.17. The predicted molar refractivity (Wildman–Crippen MR) is 109 cm³/mol. The Hall–Kier alpha value is -3.32. The Labute approximate surface area is 171 Å². The van der Waals surface area contributed by atoms with Crippen LogP contribution in [0.3, 0.4) is 0 Å². The van der Waals surface area contributed by atoms with Gasteiger partial charge in [-0.2, -0.15) is 4.98 Å². The molecule has 0 saturated carbocycles. The first-order chi connectivity index (χ1) is 14.1. The van der Waals surface area contributed by atoms with E-state index in [-0.39, 0.29) is 11.8 Å². The minimum Gasteiger partial charge on any atom is -0.495 e. The predicted octanol–water partition coefficient (Wildman–Crippen LogP) is 4.40. The molecule has 1 N–H and O–H groups in total. The van der Waals surface area contributed by atoms with Gasteiger partial charge in [0.25, 0.3) is 5.89 Å². The number of carbonyl (C=O) groups excluding carboxylic acids is 1. The van der Waals surface area contributed by atoms with Crippen molar-refractivity contribution in [2.45, 2.75) is 12.3 Å². The van der Waals surface area contributed by atoms with Crippen LogP contribution in [0.2, 0.25) is 5.02 Å². The second-order valence-corrected chi connectivity index (χ2v) is 7.40. The number of nitrogens with one attached hydrogen (secondary N) is 1. The molecule has 2 aromatic heterocycles. The van der Waals surface area contributed by atoms with Crippen LogP contribution in [0.1, 0.15) is 18.2 Å². The maximum absolute atomic E-state index is 12.7. The van der Waals surface area contributed by atoms with E-state index in [9.17, 15) is 4.79 Å². The van der Waals surface area contributed by atoms with E-state index >= 15 is 0 Å². The summed E-state index contributed by atoms with van der Waals surface area (Å²) < 4.78 is 10.9. The van der Waals surface area contributed by atoms with Crippen molar-refractivity contribution in [2.24, 2.45) is 0 Å². The Bertz CT molecular complexity index is 1220. The van der Waals surface area contributed by atoms with E-state index in [2.05, 4.69) is 15.1 Å². The summed E-state index contributed by atoms with van der Waals surface area (Å²) in [7, 11) is 1.57. The third-order valence-corrected chi connectivity index (χ3v) is 5.40. The molecular weight excluding hydrogens is 392 g/mol. The number of aromatic nitrogens is 3. The van der Waals surface area contributed by atoms with Crippen LogP contribution in [0.4, 0.5) is 5.69 Å². The monoisotopic (exact) mass is 408 g/mol. The number of methoxy groups -OCH3 is 1. The average Bonchev–Trinajstić information content (AvgIpc) is 3.46. The van der Waals surface area contributed by atoms with Gasteiger partial charge in [-0.1, -0.05) is 22.8 Å². The largest absolute Gasteiger partial charge is 0.495 e. The Morgan fingerprint density at radius 3 is 3.00 bits per heavy atom. The molecule has 2 aromatic carbocycles. The van der Waals surface area contributed by atoms with Crippen molar-refractivity contribution in [1.29, 1.82) is 0 Å². The van der Waals surface area contributed by atoms with Gasteiger partial charge in [-0.25, -0.2) is 0 Å². The van der Waals surface area contributed by atoms with Gasteiger partial charge >= 0.3 is 0 Å². The highest BCUT2D eigenvalue weighted by molar-refractivity contribution is 6.31. The number of H-pyrrole nitrogens is 1. The standard InChI is InChI=1S/C21H17ClN4O3/c1-28-18-5-4-15(22)10-17(18)26-11-14(9-19(26)27)20-24-21(29-25-20)13-3-2-12-6-7-23-16(12)8-13/h2-8,10,14,23H,9,11H2,1H3. The lowest BCUT2D eigenvalue weighted by atomic mass is 10.1. The van der Waals surface area contributed by atoms with Crippen molar-refractivity contribution < 1.29 is 14.1 Å². The fourth-order valence-corrected chi connectivity index (χ4v) is 3.85. The Morgan fingerprint density at radius 1 is 1.24 bits per heavy atom. The van der Waals surface area contributed by atoms with Crippen molar-refractivity contribution in [3.63, 3.8) is 0 Å². The van der Waals surface area contributed by atoms with Crippen molar-refractivity contribution in [3.05, 3.63) is 59.5 Å². The Kier molecular flexibility index (Phi) is 4.24. The molecule has 7 nitrogen and oxygen atoms in total. The van der Waals surface area contributed by atoms with Crippen molar-refractivity contribution >= 4 is 34.1 Å². The van der Waals surface area contributed by atoms with Crippen LogP contribution in [0.15, 0.2) is 53.2 Å². The van der Waals surface area contributed by atoms with Gasteiger partial charge in [0.05, 0.1) is 12.8 Å². The molecule has 146 valence electrons. The van der Waals surface area contributed by atoms with Gasteiger partial charge in [0.2, 0.25) is 5.91 Å². The van der Waals surface area contributed by atoms with Gasteiger partial charge in [-0.3, -0.25) is 4.79 Å². The number of carbonyl (C=O) groups is 1. The highest BCUT2D eigenvalue weighted by atomic mass is 35.5. The minimum absolute atomic E-state index is 0.0327. The molecule has 1 amide bonds. The van der Waals surface area contributed by atoms with Gasteiger partial charge in [-0.05, 0) is 41.8 Å². The number of rotatable bonds is 4. The molecule has 5 rings (SSSR count). The number of nitrogens with zero attached hydrogens (tertiary/aromatic N) is 3. The molecule has 29 heavy (non-hydrogen) atoms. The van der Waals surface area contributed by atoms with Gasteiger partial charge in [0.15, 0.2) is 5.82 Å². The maximum atomic E-state index is 12.7. The lowest BCUT2D eigenvalue weighted by Crippen LogP contribution is -2.24. The van der Waals surface area contributed by atoms with E-state index in [1.807, 2.05) is 30.5 Å². The van der Waals surface area contributed by atoms with Crippen LogP contribution in [-0.4, -0.2) is 34.7 Å². The first-order valence-corrected chi connectivity index (χ1v) is 9.55. The molecule has 0 spiro atoms. The molecule has 8 heteroatoms. The molecule has 3 heterocycles. The number of amides is 1. The number of benzene rings is 2. The maximum Gasteiger partial charge on any atom is 0.258 e. The second kappa shape index (κ2) is 6.93. The molecule has 1 unspecified atom stereocenters. The molecule has 1 aliphatic heterocycles. The molecule has 1 fully saturated rings. The summed E-state index contributed by atoms with van der Waals surface area (Å²) >= 11 is 6.12. The molecule has 1 aliphatic rings. The summed E-state index contributed by atoms with van der Waals surface area (Å²) in [6.45, 7) is 0.435. The van der Waals surface area contributed by atoms with E-state index in [1.54, 1.807) is 30.2 Å². The zero-order valence-electron chi connectivity index (χ0n) is 15.6. The quantitative estimate of drug-likeness (QED) is 0.541. The third kappa shape index (κ3) is 3.13. The summed E-state index contributed by atoms with van der Waals surface area (Å²) in [5.41, 5.74) is 2.47. The molecule has 0 radical (unpaired) electrons. The second-order valence-electron chi connectivity index (χ2n) is 6.96. The lowest BCUT2D eigenvalue weighted by molar-refractivity contribution is -0.117. The minimum atomic E-state index is -0.169. The average molecular weight is 409 g/mol. The topological polar surface area (TPSA) is 84.2 Å². The summed E-state index contributed by atoms with van der Waals surface area (Å²) in [5, 5.41) is 5.78. The van der Waals surface area contributed by atoms with Crippen LogP contribution in [0, 0.1) is 0 Å². The van der Waals surface area contributed by atoms with E-state index in [0.717, 1.165) is 16.5 Å². The number of fused-ring (bicyclic) bond motifs is 1. The fraction of sp³-hybridized carbons (Fsp3) is 0.190. The van der Waals surface area contributed by atoms with Crippen molar-refractivity contribution in [2.75, 3.05) is 18.6 Å². The normalized spacial score (nSPS) is 16.7. The lowest BCUT2D eigenvalue weighted by Gasteiger charge is -2.19. The first kappa shape index (κ1) is 17.8. The highest BCUT2D eigenvalue weighted by Crippen LogP contribution is 2.37. The van der Waals surface area contributed by atoms with Crippen molar-refractivity contribution in [3.8, 4) is 17.2 Å².